The van der Waals surface area contributed by atoms with Crippen LogP contribution in [0.3, 0.4) is 0 Å². The van der Waals surface area contributed by atoms with Crippen LogP contribution in [0.2, 0.25) is 0 Å². The topological polar surface area (TPSA) is 148 Å². The molecule has 1 amide bonds. The van der Waals surface area contributed by atoms with E-state index in [-0.39, 0.29) is 16.1 Å². The second kappa shape index (κ2) is 9.79. The van der Waals surface area contributed by atoms with E-state index in [9.17, 15) is 19.7 Å². The number of fused-ring (bicyclic) bond motifs is 1. The van der Waals surface area contributed by atoms with Crippen molar-refractivity contribution < 1.29 is 28.7 Å². The number of amides is 1. The number of carbonyl (C=O) groups is 2. The number of rotatable bonds is 7. The molecule has 1 unspecified atom stereocenters. The van der Waals surface area contributed by atoms with Gasteiger partial charge in [-0.2, -0.15) is 0 Å². The van der Waals surface area contributed by atoms with Crippen molar-refractivity contribution in [2.75, 3.05) is 18.5 Å². The summed E-state index contributed by atoms with van der Waals surface area (Å²) in [7, 11) is 1.71. The standard InChI is InChI=1S/C21H19N5O7S/c1-12(19(27)23-14-4-5-16-17(10-14)32-8-7-31-16)33-20(28)13-3-6-18(15(9-13)26(29)30)34-21-24-22-11-25(21)2/h3-6,9-12H,7-8H2,1-2H3,(H,23,27). The largest absolute Gasteiger partial charge is 0.486 e. The molecule has 1 aromatic heterocycles. The molecule has 0 fully saturated rings. The molecule has 1 aliphatic heterocycles. The molecule has 3 aromatic rings. The zero-order chi connectivity index (χ0) is 24.2. The number of anilines is 1. The molecule has 2 aromatic carbocycles. The molecule has 0 bridgehead atoms. The Kier molecular flexibility index (Phi) is 6.63. The van der Waals surface area contributed by atoms with Crippen molar-refractivity contribution in [2.24, 2.45) is 7.05 Å². The molecule has 1 aliphatic rings. The van der Waals surface area contributed by atoms with Crippen LogP contribution in [0.5, 0.6) is 11.5 Å². The molecule has 0 saturated heterocycles. The van der Waals surface area contributed by atoms with Crippen molar-refractivity contribution in [3.8, 4) is 11.5 Å². The highest BCUT2D eigenvalue weighted by Crippen LogP contribution is 2.35. The first-order chi connectivity index (χ1) is 16.3. The van der Waals surface area contributed by atoms with E-state index in [1.165, 1.54) is 25.4 Å². The minimum Gasteiger partial charge on any atom is -0.486 e. The highest BCUT2D eigenvalue weighted by molar-refractivity contribution is 7.99. The van der Waals surface area contributed by atoms with Crippen LogP contribution in [0, 0.1) is 10.1 Å². The molecule has 34 heavy (non-hydrogen) atoms. The van der Waals surface area contributed by atoms with Crippen LogP contribution in [0.25, 0.3) is 0 Å². The summed E-state index contributed by atoms with van der Waals surface area (Å²) in [6.07, 6.45) is 0.310. The molecule has 0 radical (unpaired) electrons. The van der Waals surface area contributed by atoms with Gasteiger partial charge in [-0.15, -0.1) is 10.2 Å². The van der Waals surface area contributed by atoms with Gasteiger partial charge in [0.2, 0.25) is 0 Å². The van der Waals surface area contributed by atoms with Gasteiger partial charge in [-0.1, -0.05) is 0 Å². The predicted molar refractivity (Wildman–Crippen MR) is 119 cm³/mol. The first kappa shape index (κ1) is 23.0. The average Bonchev–Trinajstić information content (AvgIpc) is 3.23. The van der Waals surface area contributed by atoms with Crippen molar-refractivity contribution in [1.82, 2.24) is 14.8 Å². The highest BCUT2D eigenvalue weighted by atomic mass is 32.2. The van der Waals surface area contributed by atoms with E-state index in [1.54, 1.807) is 29.8 Å². The Morgan fingerprint density at radius 3 is 2.68 bits per heavy atom. The lowest BCUT2D eigenvalue weighted by Gasteiger charge is -2.19. The van der Waals surface area contributed by atoms with E-state index in [2.05, 4.69) is 15.5 Å². The van der Waals surface area contributed by atoms with Crippen LogP contribution in [0.15, 0.2) is 52.8 Å². The highest BCUT2D eigenvalue weighted by Gasteiger charge is 2.24. The maximum Gasteiger partial charge on any atom is 0.339 e. The lowest BCUT2D eigenvalue weighted by atomic mass is 10.2. The number of carbonyl (C=O) groups excluding carboxylic acids is 2. The van der Waals surface area contributed by atoms with Gasteiger partial charge in [-0.3, -0.25) is 14.9 Å². The molecule has 2 heterocycles. The van der Waals surface area contributed by atoms with Gasteiger partial charge in [0.05, 0.1) is 15.4 Å². The van der Waals surface area contributed by atoms with E-state index in [1.807, 2.05) is 0 Å². The second-order valence-corrected chi connectivity index (χ2v) is 8.17. The summed E-state index contributed by atoms with van der Waals surface area (Å²) in [4.78, 5) is 36.3. The molecule has 1 atom stereocenters. The minimum atomic E-state index is -1.16. The van der Waals surface area contributed by atoms with Gasteiger partial charge in [-0.05, 0) is 43.0 Å². The number of hydrogen-bond donors (Lipinski definition) is 1. The number of nitrogens with one attached hydrogen (secondary N) is 1. The molecule has 0 aliphatic carbocycles. The number of hydrogen-bond acceptors (Lipinski definition) is 10. The van der Waals surface area contributed by atoms with Crippen LogP contribution >= 0.6 is 11.8 Å². The Balaban J connectivity index is 1.43. The van der Waals surface area contributed by atoms with Crippen LogP contribution in [0.1, 0.15) is 17.3 Å². The van der Waals surface area contributed by atoms with Gasteiger partial charge in [0.1, 0.15) is 19.5 Å². The van der Waals surface area contributed by atoms with E-state index >= 15 is 0 Å². The Morgan fingerprint density at radius 2 is 1.97 bits per heavy atom. The summed E-state index contributed by atoms with van der Waals surface area (Å²) in [6, 6.07) is 8.83. The van der Waals surface area contributed by atoms with Gasteiger partial charge in [-0.25, -0.2) is 4.79 Å². The lowest BCUT2D eigenvalue weighted by molar-refractivity contribution is -0.387. The van der Waals surface area contributed by atoms with Crippen LogP contribution in [-0.2, 0) is 16.6 Å². The number of aromatic nitrogens is 3. The molecule has 1 N–H and O–H groups in total. The Bertz CT molecular complexity index is 1260. The zero-order valence-electron chi connectivity index (χ0n) is 18.1. The quantitative estimate of drug-likeness (QED) is 0.301. The summed E-state index contributed by atoms with van der Waals surface area (Å²) in [5.74, 6) is -0.372. The van der Waals surface area contributed by atoms with Gasteiger partial charge < -0.3 is 24.1 Å². The molecule has 4 rings (SSSR count). The molecule has 12 nitrogen and oxygen atoms in total. The lowest BCUT2D eigenvalue weighted by Crippen LogP contribution is -2.30. The van der Waals surface area contributed by atoms with E-state index in [4.69, 9.17) is 14.2 Å². The van der Waals surface area contributed by atoms with Gasteiger partial charge in [0, 0.05) is 24.9 Å². The minimum absolute atomic E-state index is 0.0620. The van der Waals surface area contributed by atoms with E-state index in [0.717, 1.165) is 17.8 Å². The fraction of sp³-hybridized carbons (Fsp3) is 0.238. The smallest absolute Gasteiger partial charge is 0.339 e. The third kappa shape index (κ3) is 5.09. The maximum absolute atomic E-state index is 12.6. The van der Waals surface area contributed by atoms with Gasteiger partial charge in [0.25, 0.3) is 11.6 Å². The van der Waals surface area contributed by atoms with E-state index in [0.29, 0.717) is 35.6 Å². The van der Waals surface area contributed by atoms with Crippen LogP contribution in [-0.4, -0.2) is 50.9 Å². The number of nitro groups is 1. The van der Waals surface area contributed by atoms with Crippen LogP contribution in [0.4, 0.5) is 11.4 Å². The molecule has 176 valence electrons. The maximum atomic E-state index is 12.6. The Labute approximate surface area is 197 Å². The molecule has 13 heteroatoms. The number of ether oxygens (including phenoxy) is 3. The normalized spacial score (nSPS) is 13.1. The third-order valence-corrected chi connectivity index (χ3v) is 5.84. The monoisotopic (exact) mass is 485 g/mol. The summed E-state index contributed by atoms with van der Waals surface area (Å²) < 4.78 is 17.7. The number of esters is 1. The molecule has 0 saturated carbocycles. The van der Waals surface area contributed by atoms with E-state index < -0.39 is 22.9 Å². The zero-order valence-corrected chi connectivity index (χ0v) is 18.9. The predicted octanol–water partition coefficient (Wildman–Crippen LogP) is 2.83. The van der Waals surface area contributed by atoms with Crippen molar-refractivity contribution in [1.29, 1.82) is 0 Å². The Morgan fingerprint density at radius 1 is 1.21 bits per heavy atom. The first-order valence-corrected chi connectivity index (χ1v) is 10.9. The number of nitro benzene ring substituents is 1. The summed E-state index contributed by atoms with van der Waals surface area (Å²) in [6.45, 7) is 2.25. The number of nitrogens with zero attached hydrogens (tertiary/aromatic N) is 4. The molecular weight excluding hydrogens is 466 g/mol. The number of benzene rings is 2. The van der Waals surface area contributed by atoms with Crippen LogP contribution < -0.4 is 14.8 Å². The SMILES string of the molecule is CC(OC(=O)c1ccc(Sc2nncn2C)c([N+](=O)[O-])c1)C(=O)Nc1ccc2c(c1)OCCO2. The fourth-order valence-electron chi connectivity index (χ4n) is 2.98. The van der Waals surface area contributed by atoms with Crippen molar-refractivity contribution in [3.05, 3.63) is 58.4 Å². The van der Waals surface area contributed by atoms with Crippen molar-refractivity contribution in [3.63, 3.8) is 0 Å². The first-order valence-electron chi connectivity index (χ1n) is 10.0. The van der Waals surface area contributed by atoms with Crippen molar-refractivity contribution in [2.45, 2.75) is 23.1 Å². The van der Waals surface area contributed by atoms with Gasteiger partial charge >= 0.3 is 5.97 Å². The van der Waals surface area contributed by atoms with Crippen molar-refractivity contribution >= 4 is 35.0 Å². The third-order valence-electron chi connectivity index (χ3n) is 4.73. The summed E-state index contributed by atoms with van der Waals surface area (Å²) >= 11 is 1.04. The molecule has 0 spiro atoms. The summed E-state index contributed by atoms with van der Waals surface area (Å²) in [5, 5.41) is 22.3. The fourth-order valence-corrected chi connectivity index (χ4v) is 3.83. The Hall–Kier alpha value is -4.13. The number of aryl methyl sites for hydroxylation is 1. The van der Waals surface area contributed by atoms with Gasteiger partial charge in [0.15, 0.2) is 22.8 Å². The summed E-state index contributed by atoms with van der Waals surface area (Å²) in [5.41, 5.74) is 0.0850. The second-order valence-electron chi connectivity index (χ2n) is 7.16. The molecular formula is C21H19N5O7S. The average molecular weight is 485 g/mol.